The summed E-state index contributed by atoms with van der Waals surface area (Å²) < 4.78 is 18.7. The van der Waals surface area contributed by atoms with Crippen molar-refractivity contribution >= 4 is 23.6 Å². The average Bonchev–Trinajstić information content (AvgIpc) is 3.34. The molecule has 36 heavy (non-hydrogen) atoms. The van der Waals surface area contributed by atoms with Crippen LogP contribution in [0.1, 0.15) is 17.2 Å². The number of ether oxygens (including phenoxy) is 3. The van der Waals surface area contributed by atoms with Crippen molar-refractivity contribution < 1.29 is 23.8 Å². The molecule has 2 aromatic carbocycles. The molecule has 1 amide bonds. The van der Waals surface area contributed by atoms with Crippen molar-refractivity contribution in [3.05, 3.63) is 83.1 Å². The first-order valence-electron chi connectivity index (χ1n) is 11.1. The fraction of sp³-hybridized carbons (Fsp3) is 0.292. The molecule has 1 unspecified atom stereocenters. The second-order valence-electron chi connectivity index (χ2n) is 8.27. The Hall–Kier alpha value is -3.58. The zero-order chi connectivity index (χ0) is 25.3. The van der Waals surface area contributed by atoms with Gasteiger partial charge in [-0.25, -0.2) is 9.48 Å². The van der Waals surface area contributed by atoms with Crippen LogP contribution in [-0.4, -0.2) is 68.4 Å². The number of hydrogen-bond donors (Lipinski definition) is 1. The van der Waals surface area contributed by atoms with Crippen LogP contribution in [0.15, 0.2) is 77.1 Å². The first-order valence-corrected chi connectivity index (χ1v) is 12.1. The fourth-order valence-electron chi connectivity index (χ4n) is 4.14. The summed E-state index contributed by atoms with van der Waals surface area (Å²) in [5, 5.41) is 12.0. The Bertz CT molecular complexity index is 1260. The van der Waals surface area contributed by atoms with E-state index in [1.54, 1.807) is 7.05 Å². The maximum absolute atomic E-state index is 13.8. The summed E-state index contributed by atoms with van der Waals surface area (Å²) in [5.74, 6) is -0.958. The second-order valence-corrected chi connectivity index (χ2v) is 9.21. The first kappa shape index (κ1) is 24.1. The number of fused-ring (bicyclic) bond motifs is 1. The van der Waals surface area contributed by atoms with Crippen molar-refractivity contribution in [3.63, 3.8) is 0 Å². The summed E-state index contributed by atoms with van der Waals surface area (Å²) in [6, 6.07) is 18.8. The molecule has 3 heterocycles. The van der Waals surface area contributed by atoms with Gasteiger partial charge in [-0.3, -0.25) is 15.4 Å². The van der Waals surface area contributed by atoms with Crippen molar-refractivity contribution in [2.45, 2.75) is 23.2 Å². The number of nitrogens with zero attached hydrogens (tertiary/aromatic N) is 5. The van der Waals surface area contributed by atoms with Crippen LogP contribution in [0.3, 0.4) is 0 Å². The number of β-lactam (4-membered cyclic amide) rings is 1. The van der Waals surface area contributed by atoms with Gasteiger partial charge in [0.2, 0.25) is 10.9 Å². The second kappa shape index (κ2) is 9.82. The average molecular weight is 509 g/mol. The molecule has 3 aromatic rings. The van der Waals surface area contributed by atoms with E-state index < -0.39 is 29.9 Å². The monoisotopic (exact) mass is 508 g/mol. The number of aryl methyl sites for hydroxylation is 1. The van der Waals surface area contributed by atoms with Crippen LogP contribution in [-0.2, 0) is 30.8 Å². The number of amides is 1. The summed E-state index contributed by atoms with van der Waals surface area (Å²) in [6.45, 7) is 0.0564. The third kappa shape index (κ3) is 4.17. The molecule has 0 saturated carbocycles. The molecule has 12 heteroatoms. The Kier molecular flexibility index (Phi) is 6.58. The fourth-order valence-corrected chi connectivity index (χ4v) is 4.99. The summed E-state index contributed by atoms with van der Waals surface area (Å²) in [7, 11) is 3.04. The van der Waals surface area contributed by atoms with Crippen molar-refractivity contribution in [1.82, 2.24) is 25.1 Å². The number of benzene rings is 2. The molecule has 1 saturated heterocycles. The molecule has 0 spiro atoms. The van der Waals surface area contributed by atoms with Gasteiger partial charge in [0.25, 0.3) is 5.91 Å². The minimum Gasteiger partial charge on any atom is -0.448 e. The minimum absolute atomic E-state index is 0.0564. The lowest BCUT2D eigenvalue weighted by Gasteiger charge is -2.54. The first-order chi connectivity index (χ1) is 17.4. The summed E-state index contributed by atoms with van der Waals surface area (Å²) in [5.41, 5.74) is 6.67. The van der Waals surface area contributed by atoms with Gasteiger partial charge < -0.3 is 14.2 Å². The number of nitrogens with two attached hydrogens (primary N) is 1. The quantitative estimate of drug-likeness (QED) is 0.206. The largest absolute Gasteiger partial charge is 0.448 e. The molecule has 0 aliphatic carbocycles. The van der Waals surface area contributed by atoms with Crippen molar-refractivity contribution in [1.29, 1.82) is 0 Å². The van der Waals surface area contributed by atoms with Crippen LogP contribution in [0.2, 0.25) is 0 Å². The number of aromatic nitrogens is 4. The highest BCUT2D eigenvalue weighted by molar-refractivity contribution is 7.99. The highest BCUT2D eigenvalue weighted by atomic mass is 32.2. The van der Waals surface area contributed by atoms with E-state index in [1.165, 1.54) is 28.5 Å². The lowest BCUT2D eigenvalue weighted by molar-refractivity contribution is -0.248. The van der Waals surface area contributed by atoms with Crippen molar-refractivity contribution in [2.24, 2.45) is 12.8 Å². The van der Waals surface area contributed by atoms with Crippen LogP contribution in [0, 0.1) is 0 Å². The third-order valence-corrected chi connectivity index (χ3v) is 7.16. The number of carbonyl (C=O) groups is 2. The van der Waals surface area contributed by atoms with E-state index in [0.717, 1.165) is 11.1 Å². The van der Waals surface area contributed by atoms with E-state index in [2.05, 4.69) is 15.5 Å². The Balaban J connectivity index is 1.50. The van der Waals surface area contributed by atoms with Gasteiger partial charge in [-0.2, -0.15) is 0 Å². The van der Waals surface area contributed by atoms with E-state index in [0.29, 0.717) is 16.5 Å². The predicted molar refractivity (Wildman–Crippen MR) is 128 cm³/mol. The maximum Gasteiger partial charge on any atom is 0.356 e. The number of carbonyl (C=O) groups excluding carboxylic acids is 2. The number of rotatable bonds is 8. The molecular formula is C24H24N6O5S. The molecule has 5 rings (SSSR count). The van der Waals surface area contributed by atoms with Crippen molar-refractivity contribution in [3.8, 4) is 0 Å². The lowest BCUT2D eigenvalue weighted by Crippen LogP contribution is -2.80. The third-order valence-electron chi connectivity index (χ3n) is 6.06. The van der Waals surface area contributed by atoms with Crippen LogP contribution >= 0.6 is 11.8 Å². The topological polar surface area (TPSA) is 135 Å². The molecule has 1 fully saturated rings. The van der Waals surface area contributed by atoms with Gasteiger partial charge in [0.1, 0.15) is 5.70 Å². The summed E-state index contributed by atoms with van der Waals surface area (Å²) >= 11 is 1.31. The van der Waals surface area contributed by atoms with Crippen LogP contribution in [0.25, 0.3) is 0 Å². The molecule has 2 aliphatic rings. The van der Waals surface area contributed by atoms with Gasteiger partial charge in [-0.15, -0.1) is 5.10 Å². The molecule has 2 atom stereocenters. The Morgan fingerprint density at radius 2 is 1.83 bits per heavy atom. The molecule has 0 radical (unpaired) electrons. The van der Waals surface area contributed by atoms with Crippen LogP contribution in [0.5, 0.6) is 0 Å². The summed E-state index contributed by atoms with van der Waals surface area (Å²) in [6.07, 6.45) is -1.64. The van der Waals surface area contributed by atoms with Crippen LogP contribution < -0.4 is 5.73 Å². The normalized spacial score (nSPS) is 21.4. The smallest absolute Gasteiger partial charge is 0.356 e. The highest BCUT2D eigenvalue weighted by Gasteiger charge is 2.64. The SMILES string of the molecule is CO[C@@]1(N)C(=O)N2C(C(=O)OC(c3ccccc3)c3ccccc3)=C(CSc3nnnn3C)COC21. The zero-order valence-electron chi connectivity index (χ0n) is 19.6. The number of hydrogen-bond acceptors (Lipinski definition) is 10. The molecule has 1 aromatic heterocycles. The predicted octanol–water partition coefficient (Wildman–Crippen LogP) is 1.39. The van der Waals surface area contributed by atoms with Gasteiger partial charge in [0.15, 0.2) is 12.3 Å². The molecule has 0 bridgehead atoms. The number of methoxy groups -OCH3 is 1. The van der Waals surface area contributed by atoms with Crippen molar-refractivity contribution in [2.75, 3.05) is 19.5 Å². The van der Waals surface area contributed by atoms with Gasteiger partial charge in [0, 0.05) is 19.9 Å². The van der Waals surface area contributed by atoms with Gasteiger partial charge >= 0.3 is 5.97 Å². The number of esters is 1. The van der Waals surface area contributed by atoms with Gasteiger partial charge in [0.05, 0.1) is 6.61 Å². The Labute approximate surface area is 211 Å². The molecular weight excluding hydrogens is 484 g/mol. The lowest BCUT2D eigenvalue weighted by atomic mass is 9.95. The zero-order valence-corrected chi connectivity index (χ0v) is 20.4. The molecule has 2 N–H and O–H groups in total. The molecule has 11 nitrogen and oxygen atoms in total. The highest BCUT2D eigenvalue weighted by Crippen LogP contribution is 2.41. The van der Waals surface area contributed by atoms with E-state index in [1.807, 2.05) is 60.7 Å². The standard InChI is InChI=1S/C24H24N6O5S/c1-29-23(26-27-28-29)36-14-17-13-34-22-24(25,33-2)21(32)30(22)18(17)20(31)35-19(15-9-5-3-6-10-15)16-11-7-4-8-12-16/h3-12,19,22H,13-14,25H2,1-2H3/t22?,24-/m0/s1. The van der Waals surface area contributed by atoms with E-state index in [4.69, 9.17) is 19.9 Å². The Morgan fingerprint density at radius 3 is 2.39 bits per heavy atom. The van der Waals surface area contributed by atoms with Gasteiger partial charge in [-0.05, 0) is 27.1 Å². The van der Waals surface area contributed by atoms with E-state index in [9.17, 15) is 9.59 Å². The summed E-state index contributed by atoms with van der Waals surface area (Å²) in [4.78, 5) is 28.0. The van der Waals surface area contributed by atoms with E-state index in [-0.39, 0.29) is 12.3 Å². The van der Waals surface area contributed by atoms with E-state index >= 15 is 0 Å². The number of thioether (sulfide) groups is 1. The Morgan fingerprint density at radius 1 is 1.19 bits per heavy atom. The van der Waals surface area contributed by atoms with Crippen LogP contribution in [0.4, 0.5) is 0 Å². The molecule has 186 valence electrons. The van der Waals surface area contributed by atoms with Gasteiger partial charge in [-0.1, -0.05) is 72.4 Å². The number of tetrazole rings is 1. The minimum atomic E-state index is -1.67. The molecule has 2 aliphatic heterocycles. The maximum atomic E-state index is 13.8.